The zero-order valence-corrected chi connectivity index (χ0v) is 14.2. The number of anilines is 1. The molecule has 22 heavy (non-hydrogen) atoms. The minimum atomic E-state index is -0.0785. The standard InChI is InChI=1S/C17H26N2O2S/c1-13(16(12-20)22-2)18-17(21)14-6-8-15(9-7-14)19-10-4-3-5-11-19/h6-9,13,16,20H,3-5,10-12H2,1-2H3,(H,18,21). The van der Waals surface area contributed by atoms with Gasteiger partial charge in [-0.25, -0.2) is 0 Å². The van der Waals surface area contributed by atoms with Crippen LogP contribution < -0.4 is 10.2 Å². The van der Waals surface area contributed by atoms with Crippen LogP contribution in [-0.2, 0) is 0 Å². The van der Waals surface area contributed by atoms with Crippen LogP contribution in [0.1, 0.15) is 36.5 Å². The summed E-state index contributed by atoms with van der Waals surface area (Å²) in [4.78, 5) is 14.6. The van der Waals surface area contributed by atoms with Crippen molar-refractivity contribution < 1.29 is 9.90 Å². The Kier molecular flexibility index (Phi) is 6.58. The molecule has 5 heteroatoms. The first-order valence-corrected chi connectivity index (χ1v) is 9.24. The number of aliphatic hydroxyl groups is 1. The SMILES string of the molecule is CSC(CO)C(C)NC(=O)c1ccc(N2CCCCC2)cc1. The first kappa shape index (κ1) is 17.2. The molecule has 0 aromatic heterocycles. The number of thioether (sulfide) groups is 1. The van der Waals surface area contributed by atoms with Crippen molar-refractivity contribution in [2.45, 2.75) is 37.5 Å². The van der Waals surface area contributed by atoms with E-state index < -0.39 is 0 Å². The van der Waals surface area contributed by atoms with Crippen molar-refractivity contribution >= 4 is 23.4 Å². The van der Waals surface area contributed by atoms with Gasteiger partial charge >= 0.3 is 0 Å². The lowest BCUT2D eigenvalue weighted by atomic mass is 10.1. The van der Waals surface area contributed by atoms with Crippen molar-refractivity contribution in [3.8, 4) is 0 Å². The normalized spacial score (nSPS) is 17.9. The fourth-order valence-electron chi connectivity index (χ4n) is 2.80. The lowest BCUT2D eigenvalue weighted by Crippen LogP contribution is -2.41. The van der Waals surface area contributed by atoms with E-state index in [4.69, 9.17) is 0 Å². The Labute approximate surface area is 137 Å². The molecule has 2 N–H and O–H groups in total. The summed E-state index contributed by atoms with van der Waals surface area (Å²) in [6.45, 7) is 4.21. The number of amides is 1. The highest BCUT2D eigenvalue weighted by Crippen LogP contribution is 2.20. The molecule has 1 heterocycles. The van der Waals surface area contributed by atoms with Crippen molar-refractivity contribution in [2.24, 2.45) is 0 Å². The van der Waals surface area contributed by atoms with Gasteiger partial charge in [-0.15, -0.1) is 0 Å². The Morgan fingerprint density at radius 2 is 1.91 bits per heavy atom. The molecule has 1 aliphatic rings. The van der Waals surface area contributed by atoms with E-state index in [-0.39, 0.29) is 23.8 Å². The lowest BCUT2D eigenvalue weighted by Gasteiger charge is -2.29. The second-order valence-electron chi connectivity index (χ2n) is 5.81. The van der Waals surface area contributed by atoms with Gasteiger partial charge in [-0.2, -0.15) is 11.8 Å². The Morgan fingerprint density at radius 1 is 1.27 bits per heavy atom. The molecular formula is C17H26N2O2S. The fraction of sp³-hybridized carbons (Fsp3) is 0.588. The van der Waals surface area contributed by atoms with Gasteiger partial charge in [-0.1, -0.05) is 0 Å². The topological polar surface area (TPSA) is 52.6 Å². The lowest BCUT2D eigenvalue weighted by molar-refractivity contribution is 0.0936. The van der Waals surface area contributed by atoms with E-state index in [0.717, 1.165) is 13.1 Å². The fourth-order valence-corrected chi connectivity index (χ4v) is 3.42. The van der Waals surface area contributed by atoms with Gasteiger partial charge in [0, 0.05) is 35.6 Å². The maximum absolute atomic E-state index is 12.3. The van der Waals surface area contributed by atoms with E-state index in [9.17, 15) is 9.90 Å². The highest BCUT2D eigenvalue weighted by Gasteiger charge is 2.18. The summed E-state index contributed by atoms with van der Waals surface area (Å²) in [6, 6.07) is 7.78. The van der Waals surface area contributed by atoms with E-state index in [1.807, 2.05) is 37.4 Å². The van der Waals surface area contributed by atoms with Gasteiger partial charge in [0.15, 0.2) is 0 Å². The predicted molar refractivity (Wildman–Crippen MR) is 93.8 cm³/mol. The van der Waals surface area contributed by atoms with Gasteiger partial charge in [0.1, 0.15) is 0 Å². The Balaban J connectivity index is 1.95. The van der Waals surface area contributed by atoms with Crippen molar-refractivity contribution in [3.05, 3.63) is 29.8 Å². The van der Waals surface area contributed by atoms with Gasteiger partial charge in [0.05, 0.1) is 6.61 Å². The third kappa shape index (κ3) is 4.40. The summed E-state index contributed by atoms with van der Waals surface area (Å²) in [5.41, 5.74) is 1.87. The highest BCUT2D eigenvalue weighted by molar-refractivity contribution is 7.99. The van der Waals surface area contributed by atoms with Gasteiger partial charge in [0.25, 0.3) is 5.91 Å². The van der Waals surface area contributed by atoms with Gasteiger partial charge in [-0.3, -0.25) is 4.79 Å². The van der Waals surface area contributed by atoms with Crippen molar-refractivity contribution in [1.82, 2.24) is 5.32 Å². The number of piperidine rings is 1. The zero-order chi connectivity index (χ0) is 15.9. The number of carbonyl (C=O) groups excluding carboxylic acids is 1. The smallest absolute Gasteiger partial charge is 0.251 e. The summed E-state index contributed by atoms with van der Waals surface area (Å²) < 4.78 is 0. The minimum absolute atomic E-state index is 0.0246. The molecule has 1 aliphatic heterocycles. The second kappa shape index (κ2) is 8.44. The van der Waals surface area contributed by atoms with Gasteiger partial charge in [0.2, 0.25) is 0 Å². The van der Waals surface area contributed by atoms with Crippen LogP contribution in [0.4, 0.5) is 5.69 Å². The first-order valence-electron chi connectivity index (χ1n) is 7.95. The summed E-state index contributed by atoms with van der Waals surface area (Å²) in [5, 5.41) is 12.3. The average molecular weight is 322 g/mol. The summed E-state index contributed by atoms with van der Waals surface area (Å²) in [7, 11) is 0. The maximum atomic E-state index is 12.3. The van der Waals surface area contributed by atoms with E-state index in [2.05, 4.69) is 10.2 Å². The molecule has 1 fully saturated rings. The van der Waals surface area contributed by atoms with Gasteiger partial charge < -0.3 is 15.3 Å². The van der Waals surface area contributed by atoms with Crippen LogP contribution in [0, 0.1) is 0 Å². The molecule has 2 rings (SSSR count). The molecule has 0 bridgehead atoms. The molecule has 2 unspecified atom stereocenters. The van der Waals surface area contributed by atoms with Crippen LogP contribution in [0.2, 0.25) is 0 Å². The van der Waals surface area contributed by atoms with Crippen LogP contribution in [0.25, 0.3) is 0 Å². The second-order valence-corrected chi connectivity index (χ2v) is 6.89. The van der Waals surface area contributed by atoms with E-state index in [1.54, 1.807) is 11.8 Å². The molecule has 1 aromatic carbocycles. The third-order valence-corrected chi connectivity index (χ3v) is 5.41. The number of aliphatic hydroxyl groups excluding tert-OH is 1. The minimum Gasteiger partial charge on any atom is -0.395 e. The Hall–Kier alpha value is -1.20. The molecule has 4 nitrogen and oxygen atoms in total. The van der Waals surface area contributed by atoms with Gasteiger partial charge in [-0.05, 0) is 56.7 Å². The van der Waals surface area contributed by atoms with E-state index in [1.165, 1.54) is 24.9 Å². The van der Waals surface area contributed by atoms with Crippen molar-refractivity contribution in [3.63, 3.8) is 0 Å². The first-order chi connectivity index (χ1) is 10.7. The number of rotatable bonds is 6. The predicted octanol–water partition coefficient (Wildman–Crippen LogP) is 2.52. The van der Waals surface area contributed by atoms with Crippen molar-refractivity contribution in [1.29, 1.82) is 0 Å². The molecule has 0 spiro atoms. The Bertz CT molecular complexity index is 468. The number of hydrogen-bond acceptors (Lipinski definition) is 4. The molecule has 0 radical (unpaired) electrons. The molecule has 0 aliphatic carbocycles. The van der Waals surface area contributed by atoms with E-state index >= 15 is 0 Å². The van der Waals surface area contributed by atoms with Crippen LogP contribution in [0.5, 0.6) is 0 Å². The maximum Gasteiger partial charge on any atom is 0.251 e. The number of hydrogen-bond donors (Lipinski definition) is 2. The van der Waals surface area contributed by atoms with E-state index in [0.29, 0.717) is 5.56 Å². The molecular weight excluding hydrogens is 296 g/mol. The summed E-state index contributed by atoms with van der Waals surface area (Å²) in [5.74, 6) is -0.0785. The number of carbonyl (C=O) groups is 1. The van der Waals surface area contributed by atoms with Crippen LogP contribution in [0.3, 0.4) is 0 Å². The van der Waals surface area contributed by atoms with Crippen molar-refractivity contribution in [2.75, 3.05) is 30.9 Å². The van der Waals surface area contributed by atoms with Crippen LogP contribution in [0.15, 0.2) is 24.3 Å². The number of benzene rings is 1. The molecule has 1 aromatic rings. The monoisotopic (exact) mass is 322 g/mol. The molecule has 1 saturated heterocycles. The number of nitrogens with one attached hydrogen (secondary N) is 1. The number of nitrogens with zero attached hydrogens (tertiary/aromatic N) is 1. The average Bonchev–Trinajstić information content (AvgIpc) is 2.57. The third-order valence-electron chi connectivity index (χ3n) is 4.25. The summed E-state index contributed by atoms with van der Waals surface area (Å²) in [6.07, 6.45) is 5.75. The summed E-state index contributed by atoms with van der Waals surface area (Å²) >= 11 is 1.57. The van der Waals surface area contributed by atoms with Crippen LogP contribution >= 0.6 is 11.8 Å². The Morgan fingerprint density at radius 3 is 2.45 bits per heavy atom. The van der Waals surface area contributed by atoms with Crippen LogP contribution in [-0.4, -0.2) is 48.3 Å². The largest absolute Gasteiger partial charge is 0.395 e. The molecule has 1 amide bonds. The quantitative estimate of drug-likeness (QED) is 0.845. The molecule has 0 saturated carbocycles. The molecule has 122 valence electrons. The molecule has 2 atom stereocenters. The highest BCUT2D eigenvalue weighted by atomic mass is 32.2. The zero-order valence-electron chi connectivity index (χ0n) is 13.4.